The fourth-order valence-electron chi connectivity index (χ4n) is 4.12. The van der Waals surface area contributed by atoms with Crippen LogP contribution in [0.5, 0.6) is 0 Å². The van der Waals surface area contributed by atoms with Crippen LogP contribution in [0.3, 0.4) is 0 Å². The van der Waals surface area contributed by atoms with Gasteiger partial charge in [0.2, 0.25) is 0 Å². The van der Waals surface area contributed by atoms with E-state index in [-0.39, 0.29) is 0 Å². The lowest BCUT2D eigenvalue weighted by molar-refractivity contribution is 0.312. The van der Waals surface area contributed by atoms with Gasteiger partial charge in [0, 0.05) is 5.56 Å². The Morgan fingerprint density at radius 3 is 2.08 bits per heavy atom. The summed E-state index contributed by atoms with van der Waals surface area (Å²) in [5, 5.41) is 0. The van der Waals surface area contributed by atoms with E-state index in [1.165, 1.54) is 55.2 Å². The Morgan fingerprint density at radius 1 is 0.885 bits per heavy atom. The summed E-state index contributed by atoms with van der Waals surface area (Å²) in [6.07, 6.45) is 12.6. The summed E-state index contributed by atoms with van der Waals surface area (Å²) in [6.45, 7) is 4.00. The third-order valence-electron chi connectivity index (χ3n) is 5.69. The van der Waals surface area contributed by atoms with Gasteiger partial charge in [0.25, 0.3) is 0 Å². The molecule has 26 heavy (non-hydrogen) atoms. The fraction of sp³-hybridized carbons (Fsp3) is 0.385. The van der Waals surface area contributed by atoms with Gasteiger partial charge in [0.05, 0.1) is 0 Å². The molecule has 134 valence electrons. The zero-order chi connectivity index (χ0) is 18.2. The zero-order valence-corrected chi connectivity index (χ0v) is 16.2. The monoisotopic (exact) mass is 342 g/mol. The van der Waals surface area contributed by atoms with Crippen molar-refractivity contribution in [2.75, 3.05) is 0 Å². The minimum Gasteiger partial charge on any atom is -0.101 e. The Morgan fingerprint density at radius 2 is 1.50 bits per heavy atom. The summed E-state index contributed by atoms with van der Waals surface area (Å²) in [5.74, 6) is 7.75. The second kappa shape index (κ2) is 9.44. The van der Waals surface area contributed by atoms with E-state index in [1.807, 2.05) is 6.92 Å². The Hall–Kier alpha value is -2.26. The molecular formula is C26H30. The molecule has 1 aliphatic carbocycles. The molecule has 0 heteroatoms. The van der Waals surface area contributed by atoms with Crippen LogP contribution in [0.1, 0.15) is 69.4 Å². The highest BCUT2D eigenvalue weighted by Gasteiger charge is 2.21. The Labute approximate surface area is 159 Å². The summed E-state index contributed by atoms with van der Waals surface area (Å²) in [5.41, 5.74) is 5.17. The van der Waals surface area contributed by atoms with Crippen molar-refractivity contribution in [3.05, 3.63) is 71.8 Å². The topological polar surface area (TPSA) is 0 Å². The molecule has 2 aromatic rings. The molecule has 0 unspecified atom stereocenters. The van der Waals surface area contributed by atoms with Crippen molar-refractivity contribution in [2.45, 2.75) is 58.3 Å². The molecule has 2 aromatic carbocycles. The molecular weight excluding hydrogens is 312 g/mol. The van der Waals surface area contributed by atoms with Crippen LogP contribution >= 0.6 is 0 Å². The van der Waals surface area contributed by atoms with Gasteiger partial charge in [0.1, 0.15) is 0 Å². The third kappa shape index (κ3) is 4.89. The van der Waals surface area contributed by atoms with Crippen LogP contribution in [0.15, 0.2) is 60.7 Å². The van der Waals surface area contributed by atoms with Crippen molar-refractivity contribution in [3.8, 4) is 23.0 Å². The van der Waals surface area contributed by atoms with E-state index in [9.17, 15) is 0 Å². The van der Waals surface area contributed by atoms with E-state index in [1.54, 1.807) is 0 Å². The van der Waals surface area contributed by atoms with E-state index < -0.39 is 0 Å². The molecule has 0 aromatic heterocycles. The maximum absolute atomic E-state index is 3.10. The standard InChI is InChI=1S/C26H30/c1-3-5-6-8-22-11-15-24(16-12-22)26-19-17-25(18-20-26)23-13-9-21(7-4-2)10-14-23/h3,5,9-10,13-14,17-20,22,24H,6,8,11-12,15-16H2,1-2H3/b5-3+. The lowest BCUT2D eigenvalue weighted by Gasteiger charge is -2.28. The predicted octanol–water partition coefficient (Wildman–Crippen LogP) is 7.36. The van der Waals surface area contributed by atoms with Crippen molar-refractivity contribution in [1.82, 2.24) is 0 Å². The number of benzene rings is 2. The van der Waals surface area contributed by atoms with Gasteiger partial charge in [-0.1, -0.05) is 54.5 Å². The van der Waals surface area contributed by atoms with Gasteiger partial charge < -0.3 is 0 Å². The number of rotatable bonds is 5. The second-order valence-electron chi connectivity index (χ2n) is 7.44. The van der Waals surface area contributed by atoms with Gasteiger partial charge in [-0.2, -0.15) is 0 Å². The van der Waals surface area contributed by atoms with Crippen molar-refractivity contribution in [3.63, 3.8) is 0 Å². The lowest BCUT2D eigenvalue weighted by Crippen LogP contribution is -2.13. The minimum atomic E-state index is 0.754. The normalized spacial score (nSPS) is 19.9. The van der Waals surface area contributed by atoms with E-state index in [0.29, 0.717) is 0 Å². The molecule has 1 fully saturated rings. The largest absolute Gasteiger partial charge is 0.101 e. The summed E-state index contributed by atoms with van der Waals surface area (Å²) >= 11 is 0. The van der Waals surface area contributed by atoms with Crippen LogP contribution in [-0.2, 0) is 0 Å². The molecule has 0 atom stereocenters. The van der Waals surface area contributed by atoms with Gasteiger partial charge in [-0.25, -0.2) is 0 Å². The van der Waals surface area contributed by atoms with Crippen LogP contribution in [0, 0.1) is 17.8 Å². The second-order valence-corrected chi connectivity index (χ2v) is 7.44. The van der Waals surface area contributed by atoms with Gasteiger partial charge in [-0.05, 0) is 93.0 Å². The molecule has 1 aliphatic rings. The zero-order valence-electron chi connectivity index (χ0n) is 16.2. The average molecular weight is 343 g/mol. The third-order valence-corrected chi connectivity index (χ3v) is 5.69. The molecule has 0 N–H and O–H groups in total. The molecule has 0 bridgehead atoms. The molecule has 0 saturated heterocycles. The predicted molar refractivity (Wildman–Crippen MR) is 113 cm³/mol. The lowest BCUT2D eigenvalue weighted by atomic mass is 9.77. The van der Waals surface area contributed by atoms with E-state index in [4.69, 9.17) is 0 Å². The Bertz CT molecular complexity index is 758. The summed E-state index contributed by atoms with van der Waals surface area (Å²) in [7, 11) is 0. The van der Waals surface area contributed by atoms with Gasteiger partial charge in [-0.15, -0.1) is 5.92 Å². The SMILES string of the molecule is CC#Cc1ccc(-c2ccc(C3CCC(CC/C=C/C)CC3)cc2)cc1. The first-order valence-electron chi connectivity index (χ1n) is 10.0. The van der Waals surface area contributed by atoms with Crippen LogP contribution in [0.2, 0.25) is 0 Å². The molecule has 0 radical (unpaired) electrons. The van der Waals surface area contributed by atoms with Crippen LogP contribution in [0.4, 0.5) is 0 Å². The highest BCUT2D eigenvalue weighted by Crippen LogP contribution is 2.38. The van der Waals surface area contributed by atoms with Crippen LogP contribution in [-0.4, -0.2) is 0 Å². The molecule has 0 nitrogen and oxygen atoms in total. The van der Waals surface area contributed by atoms with Crippen molar-refractivity contribution >= 4 is 0 Å². The van der Waals surface area contributed by atoms with E-state index in [2.05, 4.69) is 79.4 Å². The Kier molecular flexibility index (Phi) is 6.73. The van der Waals surface area contributed by atoms with Gasteiger partial charge >= 0.3 is 0 Å². The molecule has 0 spiro atoms. The number of allylic oxidation sites excluding steroid dienone is 2. The van der Waals surface area contributed by atoms with Crippen LogP contribution < -0.4 is 0 Å². The highest BCUT2D eigenvalue weighted by atomic mass is 14.3. The van der Waals surface area contributed by atoms with Crippen molar-refractivity contribution in [2.24, 2.45) is 5.92 Å². The van der Waals surface area contributed by atoms with Crippen molar-refractivity contribution in [1.29, 1.82) is 0 Å². The summed E-state index contributed by atoms with van der Waals surface area (Å²) < 4.78 is 0. The first-order chi connectivity index (χ1) is 12.8. The summed E-state index contributed by atoms with van der Waals surface area (Å²) in [6, 6.07) is 17.8. The van der Waals surface area contributed by atoms with Crippen LogP contribution in [0.25, 0.3) is 11.1 Å². The number of hydrogen-bond donors (Lipinski definition) is 0. The molecule has 0 heterocycles. The maximum atomic E-state index is 3.10. The Balaban J connectivity index is 1.58. The maximum Gasteiger partial charge on any atom is 0.0245 e. The fourth-order valence-corrected chi connectivity index (χ4v) is 4.12. The average Bonchev–Trinajstić information content (AvgIpc) is 2.70. The first kappa shape index (κ1) is 18.5. The smallest absolute Gasteiger partial charge is 0.0245 e. The molecule has 3 rings (SSSR count). The molecule has 1 saturated carbocycles. The minimum absolute atomic E-state index is 0.754. The quantitative estimate of drug-likeness (QED) is 0.393. The van der Waals surface area contributed by atoms with Gasteiger partial charge in [-0.3, -0.25) is 0 Å². The highest BCUT2D eigenvalue weighted by molar-refractivity contribution is 5.64. The number of hydrogen-bond acceptors (Lipinski definition) is 0. The van der Waals surface area contributed by atoms with E-state index in [0.717, 1.165) is 17.4 Å². The molecule has 0 amide bonds. The first-order valence-corrected chi connectivity index (χ1v) is 10.0. The van der Waals surface area contributed by atoms with E-state index >= 15 is 0 Å². The molecule has 0 aliphatic heterocycles. The van der Waals surface area contributed by atoms with Gasteiger partial charge in [0.15, 0.2) is 0 Å². The summed E-state index contributed by atoms with van der Waals surface area (Å²) in [4.78, 5) is 0. The van der Waals surface area contributed by atoms with Crippen molar-refractivity contribution < 1.29 is 0 Å².